The van der Waals surface area contributed by atoms with Crippen molar-refractivity contribution in [2.75, 3.05) is 6.61 Å². The average molecular weight is 272 g/mol. The van der Waals surface area contributed by atoms with E-state index in [2.05, 4.69) is 13.8 Å². The highest BCUT2D eigenvalue weighted by Gasteiger charge is 2.37. The van der Waals surface area contributed by atoms with Crippen LogP contribution >= 0.6 is 0 Å². The number of hydrogen-bond acceptors (Lipinski definition) is 2. The topological polar surface area (TPSA) is 57.5 Å². The van der Waals surface area contributed by atoms with E-state index >= 15 is 0 Å². The van der Waals surface area contributed by atoms with Gasteiger partial charge < -0.3 is 10.2 Å². The fourth-order valence-corrected chi connectivity index (χ4v) is 2.80. The van der Waals surface area contributed by atoms with Gasteiger partial charge in [-0.2, -0.15) is 0 Å². The molecule has 0 bridgehead atoms. The van der Waals surface area contributed by atoms with Crippen LogP contribution in [-0.4, -0.2) is 22.8 Å². The molecule has 114 valence electrons. The first kappa shape index (κ1) is 18.4. The number of aliphatic hydroxyl groups excluding tert-OH is 1. The van der Waals surface area contributed by atoms with Crippen molar-refractivity contribution in [2.24, 2.45) is 11.3 Å². The van der Waals surface area contributed by atoms with E-state index in [1.54, 1.807) is 0 Å². The normalized spacial score (nSPS) is 16.0. The molecule has 0 radical (unpaired) electrons. The minimum absolute atomic E-state index is 0.244. The Kier molecular flexibility index (Phi) is 9.94. The maximum absolute atomic E-state index is 11.3. The lowest BCUT2D eigenvalue weighted by molar-refractivity contribution is -0.149. The molecule has 3 heteroatoms. The molecule has 0 saturated heterocycles. The highest BCUT2D eigenvalue weighted by Crippen LogP contribution is 2.39. The number of carbonyl (C=O) groups is 1. The minimum Gasteiger partial charge on any atom is -0.481 e. The van der Waals surface area contributed by atoms with Crippen molar-refractivity contribution < 1.29 is 15.0 Å². The van der Waals surface area contributed by atoms with Crippen molar-refractivity contribution in [1.29, 1.82) is 0 Å². The number of aliphatic carboxylic acids is 1. The predicted molar refractivity (Wildman–Crippen MR) is 79.2 cm³/mol. The van der Waals surface area contributed by atoms with Crippen molar-refractivity contribution in [3.63, 3.8) is 0 Å². The van der Waals surface area contributed by atoms with Gasteiger partial charge >= 0.3 is 5.97 Å². The van der Waals surface area contributed by atoms with E-state index in [1.807, 2.05) is 6.92 Å². The molecule has 0 rings (SSSR count). The van der Waals surface area contributed by atoms with Crippen molar-refractivity contribution in [2.45, 2.75) is 78.6 Å². The van der Waals surface area contributed by atoms with Gasteiger partial charge in [-0.15, -0.1) is 0 Å². The van der Waals surface area contributed by atoms with Gasteiger partial charge in [0.2, 0.25) is 0 Å². The van der Waals surface area contributed by atoms with E-state index in [0.717, 1.165) is 44.9 Å². The molecular formula is C16H32O3. The average Bonchev–Trinajstić information content (AvgIpc) is 2.35. The van der Waals surface area contributed by atoms with Gasteiger partial charge in [0.1, 0.15) is 0 Å². The van der Waals surface area contributed by atoms with Crippen LogP contribution in [0.5, 0.6) is 0 Å². The Bertz CT molecular complexity index is 240. The van der Waals surface area contributed by atoms with E-state index in [-0.39, 0.29) is 12.0 Å². The van der Waals surface area contributed by atoms with E-state index in [4.69, 9.17) is 0 Å². The first-order valence-electron chi connectivity index (χ1n) is 7.85. The summed E-state index contributed by atoms with van der Waals surface area (Å²) < 4.78 is 0. The standard InChI is InChI=1S/C16H32O3/c1-4-6-8-10-12-16(3,11-9-7-5-2)14(13-17)15(18)19/h14,17H,4-13H2,1-3H3,(H,18,19). The number of aliphatic hydroxyl groups is 1. The molecule has 2 N–H and O–H groups in total. The fraction of sp³-hybridized carbons (Fsp3) is 0.938. The Balaban J connectivity index is 4.54. The molecule has 2 atom stereocenters. The van der Waals surface area contributed by atoms with Gasteiger partial charge in [-0.3, -0.25) is 4.79 Å². The molecule has 0 fully saturated rings. The lowest BCUT2D eigenvalue weighted by atomic mass is 9.70. The Morgan fingerprint density at radius 2 is 1.47 bits per heavy atom. The van der Waals surface area contributed by atoms with Crippen LogP contribution in [0, 0.1) is 11.3 Å². The lowest BCUT2D eigenvalue weighted by Crippen LogP contribution is -2.36. The Morgan fingerprint density at radius 3 is 1.89 bits per heavy atom. The third-order valence-electron chi connectivity index (χ3n) is 4.27. The summed E-state index contributed by atoms with van der Waals surface area (Å²) in [7, 11) is 0. The summed E-state index contributed by atoms with van der Waals surface area (Å²) in [5.41, 5.74) is -0.260. The summed E-state index contributed by atoms with van der Waals surface area (Å²) in [5, 5.41) is 18.7. The molecule has 3 nitrogen and oxygen atoms in total. The van der Waals surface area contributed by atoms with Gasteiger partial charge in [-0.25, -0.2) is 0 Å². The number of hydrogen-bond donors (Lipinski definition) is 2. The highest BCUT2D eigenvalue weighted by molar-refractivity contribution is 5.71. The number of carboxylic acids is 1. The second-order valence-electron chi connectivity index (χ2n) is 6.00. The molecular weight excluding hydrogens is 240 g/mol. The highest BCUT2D eigenvalue weighted by atomic mass is 16.4. The van der Waals surface area contributed by atoms with Crippen molar-refractivity contribution in [3.8, 4) is 0 Å². The number of unbranched alkanes of at least 4 members (excludes halogenated alkanes) is 5. The van der Waals surface area contributed by atoms with Crippen LogP contribution in [0.15, 0.2) is 0 Å². The Labute approximate surface area is 118 Å². The summed E-state index contributed by atoms with van der Waals surface area (Å²) >= 11 is 0. The van der Waals surface area contributed by atoms with Gasteiger partial charge in [-0.1, -0.05) is 65.7 Å². The molecule has 0 heterocycles. The van der Waals surface area contributed by atoms with E-state index in [1.165, 1.54) is 12.8 Å². The van der Waals surface area contributed by atoms with Crippen LogP contribution in [0.2, 0.25) is 0 Å². The maximum Gasteiger partial charge on any atom is 0.309 e. The van der Waals surface area contributed by atoms with E-state index in [0.29, 0.717) is 0 Å². The molecule has 0 aliphatic carbocycles. The zero-order chi connectivity index (χ0) is 14.7. The maximum atomic E-state index is 11.3. The molecule has 0 saturated carbocycles. The molecule has 0 amide bonds. The molecule has 0 spiro atoms. The molecule has 2 unspecified atom stereocenters. The smallest absolute Gasteiger partial charge is 0.309 e. The zero-order valence-corrected chi connectivity index (χ0v) is 13.0. The van der Waals surface area contributed by atoms with Crippen molar-refractivity contribution >= 4 is 5.97 Å². The second-order valence-corrected chi connectivity index (χ2v) is 6.00. The molecule has 0 aliphatic heterocycles. The summed E-state index contributed by atoms with van der Waals surface area (Å²) in [6, 6.07) is 0. The van der Waals surface area contributed by atoms with Crippen LogP contribution in [0.4, 0.5) is 0 Å². The van der Waals surface area contributed by atoms with Crippen LogP contribution < -0.4 is 0 Å². The van der Waals surface area contributed by atoms with Gasteiger partial charge in [0.05, 0.1) is 12.5 Å². The number of rotatable bonds is 12. The molecule has 19 heavy (non-hydrogen) atoms. The second kappa shape index (κ2) is 10.2. The summed E-state index contributed by atoms with van der Waals surface area (Å²) in [4.78, 5) is 11.3. The number of carboxylic acid groups (broad SMARTS) is 1. The summed E-state index contributed by atoms with van der Waals surface area (Å²) in [5.74, 6) is -1.47. The SMILES string of the molecule is CCCCCCC(C)(CCCCC)C(CO)C(=O)O. The minimum atomic E-state index is -0.850. The third-order valence-corrected chi connectivity index (χ3v) is 4.27. The van der Waals surface area contributed by atoms with Crippen LogP contribution in [0.25, 0.3) is 0 Å². The first-order valence-corrected chi connectivity index (χ1v) is 7.85. The van der Waals surface area contributed by atoms with Crippen LogP contribution in [-0.2, 0) is 4.79 Å². The monoisotopic (exact) mass is 272 g/mol. The molecule has 0 aromatic rings. The predicted octanol–water partition coefficient (Wildman–Crippen LogP) is 4.24. The fourth-order valence-electron chi connectivity index (χ4n) is 2.80. The van der Waals surface area contributed by atoms with E-state index in [9.17, 15) is 15.0 Å². The van der Waals surface area contributed by atoms with Crippen LogP contribution in [0.3, 0.4) is 0 Å². The summed E-state index contributed by atoms with van der Waals surface area (Å²) in [6.07, 6.45) is 9.79. The van der Waals surface area contributed by atoms with Crippen molar-refractivity contribution in [3.05, 3.63) is 0 Å². The molecule has 0 aromatic heterocycles. The lowest BCUT2D eigenvalue weighted by Gasteiger charge is -2.35. The Hall–Kier alpha value is -0.570. The van der Waals surface area contributed by atoms with E-state index < -0.39 is 11.9 Å². The van der Waals surface area contributed by atoms with Gasteiger partial charge in [-0.05, 0) is 18.3 Å². The summed E-state index contributed by atoms with van der Waals surface area (Å²) in [6.45, 7) is 6.13. The van der Waals surface area contributed by atoms with Crippen LogP contribution in [0.1, 0.15) is 78.6 Å². The molecule has 0 aromatic carbocycles. The van der Waals surface area contributed by atoms with Gasteiger partial charge in [0.25, 0.3) is 0 Å². The largest absolute Gasteiger partial charge is 0.481 e. The molecule has 0 aliphatic rings. The quantitative estimate of drug-likeness (QED) is 0.522. The van der Waals surface area contributed by atoms with Gasteiger partial charge in [0.15, 0.2) is 0 Å². The first-order chi connectivity index (χ1) is 9.01. The zero-order valence-electron chi connectivity index (χ0n) is 13.0. The third kappa shape index (κ3) is 6.95. The Morgan fingerprint density at radius 1 is 1.00 bits per heavy atom. The van der Waals surface area contributed by atoms with Gasteiger partial charge in [0, 0.05) is 0 Å². The van der Waals surface area contributed by atoms with Crippen molar-refractivity contribution in [1.82, 2.24) is 0 Å².